The van der Waals surface area contributed by atoms with Gasteiger partial charge in [0.1, 0.15) is 11.9 Å². The molecule has 5 rings (SSSR count). The lowest BCUT2D eigenvalue weighted by Crippen LogP contribution is -2.33. The Hall–Kier alpha value is -4.07. The summed E-state index contributed by atoms with van der Waals surface area (Å²) in [5.74, 6) is -0.343. The molecule has 3 heterocycles. The molecule has 2 aromatic heterocycles. The highest BCUT2D eigenvalue weighted by Gasteiger charge is 2.32. The summed E-state index contributed by atoms with van der Waals surface area (Å²) in [6.07, 6.45) is 0.588. The van der Waals surface area contributed by atoms with Crippen molar-refractivity contribution in [2.75, 3.05) is 16.8 Å². The number of anilines is 2. The number of aromatic nitrogens is 3. The number of aromatic amines is 1. The lowest BCUT2D eigenvalue weighted by molar-refractivity contribution is -0.117. The Bertz CT molecular complexity index is 1340. The number of H-pyrrole nitrogens is 1. The van der Waals surface area contributed by atoms with Crippen molar-refractivity contribution in [3.8, 4) is 11.3 Å². The van der Waals surface area contributed by atoms with Crippen LogP contribution in [0.3, 0.4) is 0 Å². The molecule has 1 aliphatic rings. The van der Waals surface area contributed by atoms with E-state index in [1.54, 1.807) is 23.1 Å². The molecular formula is C23H18FN5O2. The predicted octanol–water partition coefficient (Wildman–Crippen LogP) is 3.34. The molecule has 1 amide bonds. The topological polar surface area (TPSA) is 91.0 Å². The SMILES string of the molecule is O=C1C(Nc2cccc(F)n2)CCN1c1ccc(-c2n[nH]c(=O)c3ccccc23)cc1. The minimum absolute atomic E-state index is 0.0913. The van der Waals surface area contributed by atoms with Crippen LogP contribution in [0.15, 0.2) is 71.5 Å². The zero-order valence-electron chi connectivity index (χ0n) is 16.4. The van der Waals surface area contributed by atoms with Gasteiger partial charge in [-0.15, -0.1) is 0 Å². The number of benzene rings is 2. The third-order valence-electron chi connectivity index (χ3n) is 5.39. The third kappa shape index (κ3) is 3.52. The highest BCUT2D eigenvalue weighted by molar-refractivity contribution is 6.01. The van der Waals surface area contributed by atoms with E-state index in [2.05, 4.69) is 20.5 Å². The van der Waals surface area contributed by atoms with Crippen LogP contribution < -0.4 is 15.8 Å². The second-order valence-corrected chi connectivity index (χ2v) is 7.31. The standard InChI is InChI=1S/C23H18FN5O2/c24-19-6-3-7-20(26-19)25-18-12-13-29(23(18)31)15-10-8-14(9-11-15)21-16-4-1-2-5-17(16)22(30)28-27-21/h1-11,18H,12-13H2,(H,25,26)(H,28,30). The van der Waals surface area contributed by atoms with Gasteiger partial charge < -0.3 is 10.2 Å². The van der Waals surface area contributed by atoms with Gasteiger partial charge in [-0.05, 0) is 36.8 Å². The molecule has 2 aromatic carbocycles. The van der Waals surface area contributed by atoms with Crippen molar-refractivity contribution >= 4 is 28.2 Å². The summed E-state index contributed by atoms with van der Waals surface area (Å²) in [6, 6.07) is 18.8. The highest BCUT2D eigenvalue weighted by atomic mass is 19.1. The van der Waals surface area contributed by atoms with Crippen molar-refractivity contribution in [3.05, 3.63) is 83.0 Å². The van der Waals surface area contributed by atoms with Crippen LogP contribution in [-0.2, 0) is 4.79 Å². The van der Waals surface area contributed by atoms with Gasteiger partial charge in [-0.3, -0.25) is 9.59 Å². The molecule has 1 aliphatic heterocycles. The molecule has 0 saturated carbocycles. The van der Waals surface area contributed by atoms with Gasteiger partial charge in [0.05, 0.1) is 11.1 Å². The van der Waals surface area contributed by atoms with Crippen molar-refractivity contribution in [3.63, 3.8) is 0 Å². The number of fused-ring (bicyclic) bond motifs is 1. The van der Waals surface area contributed by atoms with Crippen molar-refractivity contribution in [1.82, 2.24) is 15.2 Å². The van der Waals surface area contributed by atoms with E-state index in [1.807, 2.05) is 42.5 Å². The number of nitrogens with one attached hydrogen (secondary N) is 2. The van der Waals surface area contributed by atoms with E-state index in [-0.39, 0.29) is 11.5 Å². The van der Waals surface area contributed by atoms with Gasteiger partial charge in [-0.2, -0.15) is 9.49 Å². The van der Waals surface area contributed by atoms with Crippen LogP contribution in [0.25, 0.3) is 22.0 Å². The molecule has 7 nitrogen and oxygen atoms in total. The van der Waals surface area contributed by atoms with E-state index in [0.29, 0.717) is 29.9 Å². The average Bonchev–Trinajstić information content (AvgIpc) is 3.14. The van der Waals surface area contributed by atoms with Gasteiger partial charge in [0.15, 0.2) is 0 Å². The van der Waals surface area contributed by atoms with Crippen LogP contribution >= 0.6 is 0 Å². The number of amides is 1. The molecule has 31 heavy (non-hydrogen) atoms. The lowest BCUT2D eigenvalue weighted by atomic mass is 10.0. The predicted molar refractivity (Wildman–Crippen MR) is 116 cm³/mol. The number of nitrogens with zero attached hydrogens (tertiary/aromatic N) is 3. The number of hydrogen-bond donors (Lipinski definition) is 2. The molecule has 4 aromatic rings. The smallest absolute Gasteiger partial charge is 0.272 e. The molecule has 0 spiro atoms. The number of pyridine rings is 1. The Balaban J connectivity index is 1.38. The van der Waals surface area contributed by atoms with E-state index in [9.17, 15) is 14.0 Å². The van der Waals surface area contributed by atoms with Crippen LogP contribution in [0.4, 0.5) is 15.9 Å². The second-order valence-electron chi connectivity index (χ2n) is 7.31. The quantitative estimate of drug-likeness (QED) is 0.499. The largest absolute Gasteiger partial charge is 0.358 e. The molecule has 1 fully saturated rings. The number of carbonyl (C=O) groups is 1. The highest BCUT2D eigenvalue weighted by Crippen LogP contribution is 2.28. The van der Waals surface area contributed by atoms with E-state index in [1.165, 1.54) is 6.07 Å². The van der Waals surface area contributed by atoms with E-state index in [0.717, 1.165) is 16.6 Å². The van der Waals surface area contributed by atoms with E-state index < -0.39 is 12.0 Å². The summed E-state index contributed by atoms with van der Waals surface area (Å²) in [5.41, 5.74) is 2.04. The molecule has 8 heteroatoms. The normalized spacial score (nSPS) is 16.1. The molecular weight excluding hydrogens is 397 g/mol. The molecule has 2 N–H and O–H groups in total. The fourth-order valence-corrected chi connectivity index (χ4v) is 3.87. The van der Waals surface area contributed by atoms with Gasteiger partial charge in [-0.1, -0.05) is 36.4 Å². The van der Waals surface area contributed by atoms with Gasteiger partial charge in [0.25, 0.3) is 5.56 Å². The average molecular weight is 415 g/mol. The maximum absolute atomic E-state index is 13.3. The lowest BCUT2D eigenvalue weighted by Gasteiger charge is -2.18. The first-order valence-corrected chi connectivity index (χ1v) is 9.88. The number of rotatable bonds is 4. The summed E-state index contributed by atoms with van der Waals surface area (Å²) in [4.78, 5) is 30.3. The van der Waals surface area contributed by atoms with E-state index >= 15 is 0 Å². The first kappa shape index (κ1) is 18.9. The van der Waals surface area contributed by atoms with Crippen LogP contribution in [0.5, 0.6) is 0 Å². The first-order valence-electron chi connectivity index (χ1n) is 9.88. The number of halogens is 1. The minimum atomic E-state index is -0.591. The molecule has 1 saturated heterocycles. The third-order valence-corrected chi connectivity index (χ3v) is 5.39. The summed E-state index contributed by atoms with van der Waals surface area (Å²) in [6.45, 7) is 0.547. The van der Waals surface area contributed by atoms with Crippen molar-refractivity contribution < 1.29 is 9.18 Å². The van der Waals surface area contributed by atoms with Crippen molar-refractivity contribution in [1.29, 1.82) is 0 Å². The number of hydrogen-bond acceptors (Lipinski definition) is 5. The van der Waals surface area contributed by atoms with Gasteiger partial charge in [0.2, 0.25) is 11.9 Å². The van der Waals surface area contributed by atoms with Crippen LogP contribution in [0, 0.1) is 5.95 Å². The Morgan fingerprint density at radius 3 is 2.52 bits per heavy atom. The summed E-state index contributed by atoms with van der Waals surface area (Å²) >= 11 is 0. The molecule has 0 radical (unpaired) electrons. The van der Waals surface area contributed by atoms with Crippen LogP contribution in [-0.4, -0.2) is 33.7 Å². The Kier molecular flexibility index (Phi) is 4.66. The Morgan fingerprint density at radius 1 is 0.968 bits per heavy atom. The zero-order chi connectivity index (χ0) is 21.4. The fourth-order valence-electron chi connectivity index (χ4n) is 3.87. The van der Waals surface area contributed by atoms with Gasteiger partial charge in [0, 0.05) is 23.2 Å². The fraction of sp³-hybridized carbons (Fsp3) is 0.130. The molecule has 154 valence electrons. The Labute approximate surface area is 176 Å². The summed E-state index contributed by atoms with van der Waals surface area (Å²) < 4.78 is 13.3. The summed E-state index contributed by atoms with van der Waals surface area (Å²) in [7, 11) is 0. The van der Waals surface area contributed by atoms with E-state index in [4.69, 9.17) is 0 Å². The van der Waals surface area contributed by atoms with Crippen LogP contribution in [0.2, 0.25) is 0 Å². The molecule has 0 bridgehead atoms. The molecule has 1 unspecified atom stereocenters. The maximum Gasteiger partial charge on any atom is 0.272 e. The number of carbonyl (C=O) groups excluding carboxylic acids is 1. The van der Waals surface area contributed by atoms with Crippen molar-refractivity contribution in [2.45, 2.75) is 12.5 Å². The van der Waals surface area contributed by atoms with Gasteiger partial charge in [-0.25, -0.2) is 10.1 Å². The van der Waals surface area contributed by atoms with Gasteiger partial charge >= 0.3 is 0 Å². The first-order chi connectivity index (χ1) is 15.1. The minimum Gasteiger partial charge on any atom is -0.358 e. The van der Waals surface area contributed by atoms with Crippen LogP contribution in [0.1, 0.15) is 6.42 Å². The maximum atomic E-state index is 13.3. The second kappa shape index (κ2) is 7.64. The monoisotopic (exact) mass is 415 g/mol. The summed E-state index contributed by atoms with van der Waals surface area (Å²) in [5, 5.41) is 11.1. The Morgan fingerprint density at radius 2 is 1.74 bits per heavy atom. The zero-order valence-corrected chi connectivity index (χ0v) is 16.4. The van der Waals surface area contributed by atoms with Crippen molar-refractivity contribution in [2.24, 2.45) is 0 Å². The molecule has 1 atom stereocenters. The molecule has 0 aliphatic carbocycles.